The van der Waals surface area contributed by atoms with Crippen molar-refractivity contribution in [1.29, 1.82) is 0 Å². The fourth-order valence-electron chi connectivity index (χ4n) is 4.01. The third-order valence-corrected chi connectivity index (χ3v) is 5.58. The van der Waals surface area contributed by atoms with Gasteiger partial charge in [0.2, 0.25) is 0 Å². The Morgan fingerprint density at radius 1 is 0.963 bits per heavy atom. The molecule has 0 saturated heterocycles. The van der Waals surface area contributed by atoms with Crippen LogP contribution in [0.1, 0.15) is 36.8 Å². The van der Waals surface area contributed by atoms with E-state index in [1.165, 1.54) is 36.8 Å². The topological polar surface area (TPSA) is 28.2 Å². The molecule has 0 atom stereocenters. The maximum Gasteiger partial charge on any atom is 0.0455 e. The summed E-state index contributed by atoms with van der Waals surface area (Å²) in [4.78, 5) is 6.51. The van der Waals surface area contributed by atoms with E-state index in [2.05, 4.69) is 71.8 Å². The Labute approximate surface area is 182 Å². The van der Waals surface area contributed by atoms with Gasteiger partial charge in [-0.2, -0.15) is 0 Å². The summed E-state index contributed by atoms with van der Waals surface area (Å²) in [6.45, 7) is 1.05. The van der Waals surface area contributed by atoms with Crippen molar-refractivity contribution in [3.05, 3.63) is 66.0 Å². The Bertz CT molecular complexity index is 615. The van der Waals surface area contributed by atoms with E-state index in [0.717, 1.165) is 13.0 Å². The van der Waals surface area contributed by atoms with Crippen molar-refractivity contribution in [2.45, 2.75) is 43.7 Å². The van der Waals surface area contributed by atoms with Crippen LogP contribution in [0, 0.1) is 0 Å². The van der Waals surface area contributed by atoms with Crippen LogP contribution in [0.2, 0.25) is 0 Å². The molecule has 0 unspecified atom stereocenters. The van der Waals surface area contributed by atoms with Gasteiger partial charge in [-0.05, 0) is 76.0 Å². The zero-order valence-corrected chi connectivity index (χ0v) is 18.6. The van der Waals surface area contributed by atoms with Gasteiger partial charge in [-0.25, -0.2) is 0 Å². The van der Waals surface area contributed by atoms with Crippen LogP contribution < -0.4 is 5.32 Å². The molecule has 1 N–H and O–H groups in total. The van der Waals surface area contributed by atoms with Crippen molar-refractivity contribution < 1.29 is 0 Å². The summed E-state index contributed by atoms with van der Waals surface area (Å²) in [5.74, 6) is 0. The Morgan fingerprint density at radius 2 is 1.56 bits per heavy atom. The van der Waals surface area contributed by atoms with E-state index in [9.17, 15) is 0 Å². The molecule has 3 rings (SSSR count). The fraction of sp³-hybridized carbons (Fsp3) is 0.476. The number of halogens is 3. The second-order valence-corrected chi connectivity index (χ2v) is 7.13. The van der Waals surface area contributed by atoms with Crippen LogP contribution in [0.25, 0.3) is 0 Å². The molecule has 27 heavy (non-hydrogen) atoms. The largest absolute Gasteiger partial charge is 0.314 e. The van der Waals surface area contributed by atoms with Crippen LogP contribution in [0.4, 0.5) is 0 Å². The SMILES string of the molecule is CN(C)C1(c2ccccc2)CCC(NCCc2ccncc2)CC1.Cl.Cl.Cl. The van der Waals surface area contributed by atoms with Crippen molar-refractivity contribution in [2.24, 2.45) is 0 Å². The molecule has 0 radical (unpaired) electrons. The Hall–Kier alpha value is -0.840. The summed E-state index contributed by atoms with van der Waals surface area (Å²) in [5, 5.41) is 3.76. The summed E-state index contributed by atoms with van der Waals surface area (Å²) < 4.78 is 0. The summed E-state index contributed by atoms with van der Waals surface area (Å²) in [5.41, 5.74) is 3.02. The van der Waals surface area contributed by atoms with Gasteiger partial charge in [0.1, 0.15) is 0 Å². The molecule has 3 nitrogen and oxygen atoms in total. The molecule has 1 saturated carbocycles. The predicted molar refractivity (Wildman–Crippen MR) is 122 cm³/mol. The highest BCUT2D eigenvalue weighted by atomic mass is 35.5. The quantitative estimate of drug-likeness (QED) is 0.705. The maximum absolute atomic E-state index is 4.08. The molecule has 1 aromatic heterocycles. The van der Waals surface area contributed by atoms with Crippen LogP contribution in [0.15, 0.2) is 54.9 Å². The predicted octanol–water partition coefficient (Wildman–Crippen LogP) is 4.88. The van der Waals surface area contributed by atoms with E-state index >= 15 is 0 Å². The molecule has 1 fully saturated rings. The smallest absolute Gasteiger partial charge is 0.0455 e. The van der Waals surface area contributed by atoms with Crippen LogP contribution in [-0.2, 0) is 12.0 Å². The minimum Gasteiger partial charge on any atom is -0.314 e. The number of hydrogen-bond donors (Lipinski definition) is 1. The van der Waals surface area contributed by atoms with Gasteiger partial charge in [0.25, 0.3) is 0 Å². The van der Waals surface area contributed by atoms with Crippen LogP contribution in [0.5, 0.6) is 0 Å². The van der Waals surface area contributed by atoms with E-state index in [1.54, 1.807) is 0 Å². The van der Waals surface area contributed by atoms with E-state index < -0.39 is 0 Å². The highest BCUT2D eigenvalue weighted by Crippen LogP contribution is 2.40. The number of rotatable bonds is 6. The van der Waals surface area contributed by atoms with E-state index in [1.807, 2.05) is 12.4 Å². The molecule has 1 aromatic carbocycles. The lowest BCUT2D eigenvalue weighted by molar-refractivity contribution is 0.0858. The number of nitrogens with zero attached hydrogens (tertiary/aromatic N) is 2. The molecule has 152 valence electrons. The Balaban J connectivity index is 0.00000225. The van der Waals surface area contributed by atoms with Crippen molar-refractivity contribution in [2.75, 3.05) is 20.6 Å². The lowest BCUT2D eigenvalue weighted by atomic mass is 9.74. The third kappa shape index (κ3) is 6.62. The lowest BCUT2D eigenvalue weighted by Crippen LogP contribution is -2.48. The first-order chi connectivity index (χ1) is 11.7. The minimum absolute atomic E-state index is 0. The molecule has 1 aliphatic rings. The fourth-order valence-corrected chi connectivity index (χ4v) is 4.01. The average molecular weight is 433 g/mol. The molecule has 0 amide bonds. The molecule has 1 heterocycles. The van der Waals surface area contributed by atoms with Crippen molar-refractivity contribution >= 4 is 37.2 Å². The van der Waals surface area contributed by atoms with Crippen molar-refractivity contribution in [1.82, 2.24) is 15.2 Å². The van der Waals surface area contributed by atoms with Gasteiger partial charge in [0, 0.05) is 24.0 Å². The highest BCUT2D eigenvalue weighted by Gasteiger charge is 2.38. The molecule has 6 heteroatoms. The van der Waals surface area contributed by atoms with Crippen LogP contribution >= 0.6 is 37.2 Å². The number of benzene rings is 1. The highest BCUT2D eigenvalue weighted by molar-refractivity contribution is 5.86. The average Bonchev–Trinajstić information content (AvgIpc) is 2.64. The van der Waals surface area contributed by atoms with Crippen molar-refractivity contribution in [3.63, 3.8) is 0 Å². The van der Waals surface area contributed by atoms with Gasteiger partial charge < -0.3 is 5.32 Å². The van der Waals surface area contributed by atoms with E-state index in [0.29, 0.717) is 6.04 Å². The summed E-state index contributed by atoms with van der Waals surface area (Å²) in [7, 11) is 4.45. The van der Waals surface area contributed by atoms with E-state index in [-0.39, 0.29) is 42.8 Å². The molecular formula is C21H32Cl3N3. The first kappa shape index (κ1) is 26.2. The molecule has 2 aromatic rings. The standard InChI is InChI=1S/C21H29N3.3ClH/c1-24(2)21(19-6-4-3-5-7-19)13-8-20(9-14-21)23-17-12-18-10-15-22-16-11-18;;;/h3-7,10-11,15-16,20,23H,8-9,12-14,17H2,1-2H3;3*1H. The Morgan fingerprint density at radius 3 is 2.11 bits per heavy atom. The Kier molecular flexibility index (Phi) is 12.2. The lowest BCUT2D eigenvalue weighted by Gasteiger charge is -2.45. The van der Waals surface area contributed by atoms with Crippen molar-refractivity contribution in [3.8, 4) is 0 Å². The molecular weight excluding hydrogens is 401 g/mol. The van der Waals surface area contributed by atoms with Crippen LogP contribution in [-0.4, -0.2) is 36.6 Å². The zero-order valence-electron chi connectivity index (χ0n) is 16.1. The number of aromatic nitrogens is 1. The molecule has 0 spiro atoms. The maximum atomic E-state index is 4.08. The first-order valence-corrected chi connectivity index (χ1v) is 9.06. The zero-order chi connectivity index (χ0) is 16.8. The molecule has 0 bridgehead atoms. The summed E-state index contributed by atoms with van der Waals surface area (Å²) >= 11 is 0. The third-order valence-electron chi connectivity index (χ3n) is 5.58. The van der Waals surface area contributed by atoms with E-state index in [4.69, 9.17) is 0 Å². The normalized spacial score (nSPS) is 21.5. The summed E-state index contributed by atoms with van der Waals surface area (Å²) in [6.07, 6.45) is 9.75. The second kappa shape index (κ2) is 12.6. The monoisotopic (exact) mass is 431 g/mol. The first-order valence-electron chi connectivity index (χ1n) is 9.06. The van der Waals surface area contributed by atoms with Gasteiger partial charge in [0.05, 0.1) is 0 Å². The van der Waals surface area contributed by atoms with Gasteiger partial charge >= 0.3 is 0 Å². The van der Waals surface area contributed by atoms with Gasteiger partial charge in [0.15, 0.2) is 0 Å². The molecule has 1 aliphatic carbocycles. The number of hydrogen-bond acceptors (Lipinski definition) is 3. The molecule has 0 aliphatic heterocycles. The summed E-state index contributed by atoms with van der Waals surface area (Å²) in [6, 6.07) is 15.9. The van der Waals surface area contributed by atoms with Gasteiger partial charge in [-0.3, -0.25) is 9.88 Å². The second-order valence-electron chi connectivity index (χ2n) is 7.13. The minimum atomic E-state index is 0. The number of pyridine rings is 1. The number of nitrogens with one attached hydrogen (secondary N) is 1. The van der Waals surface area contributed by atoms with Gasteiger partial charge in [-0.1, -0.05) is 30.3 Å². The van der Waals surface area contributed by atoms with Crippen LogP contribution in [0.3, 0.4) is 0 Å². The van der Waals surface area contributed by atoms with Gasteiger partial charge in [-0.15, -0.1) is 37.2 Å².